The second kappa shape index (κ2) is 5.78. The molecule has 0 aliphatic heterocycles. The van der Waals surface area contributed by atoms with Gasteiger partial charge >= 0.3 is 0 Å². The highest BCUT2D eigenvalue weighted by Crippen LogP contribution is 2.31. The summed E-state index contributed by atoms with van der Waals surface area (Å²) in [6.07, 6.45) is 2.68. The fraction of sp³-hybridized carbons (Fsp3) is 0.538. The maximum atomic E-state index is 13.7. The van der Waals surface area contributed by atoms with Crippen LogP contribution in [0.2, 0.25) is 0 Å². The van der Waals surface area contributed by atoms with Gasteiger partial charge in [-0.15, -0.1) is 0 Å². The summed E-state index contributed by atoms with van der Waals surface area (Å²) < 4.78 is 14.5. The van der Waals surface area contributed by atoms with Crippen LogP contribution in [0.4, 0.5) is 4.39 Å². The standard InChI is InChI=1S/C13H19BrFN/c1-3-13(4-2,9-16)8-10-5-6-11(14)7-12(10)15/h5-7H,3-4,8-9,16H2,1-2H3. The minimum atomic E-state index is -0.144. The van der Waals surface area contributed by atoms with Gasteiger partial charge in [-0.2, -0.15) is 0 Å². The van der Waals surface area contributed by atoms with E-state index in [1.54, 1.807) is 0 Å². The molecule has 16 heavy (non-hydrogen) atoms. The second-order valence-corrected chi connectivity index (χ2v) is 5.24. The highest BCUT2D eigenvalue weighted by Gasteiger charge is 2.25. The fourth-order valence-corrected chi connectivity index (χ4v) is 2.26. The lowest BCUT2D eigenvalue weighted by Gasteiger charge is -2.30. The predicted molar refractivity (Wildman–Crippen MR) is 69.9 cm³/mol. The molecule has 0 heterocycles. The zero-order chi connectivity index (χ0) is 12.2. The first-order chi connectivity index (χ1) is 7.56. The number of benzene rings is 1. The number of hydrogen-bond donors (Lipinski definition) is 1. The summed E-state index contributed by atoms with van der Waals surface area (Å²) in [6, 6.07) is 5.24. The number of rotatable bonds is 5. The van der Waals surface area contributed by atoms with Gasteiger partial charge in [-0.3, -0.25) is 0 Å². The largest absolute Gasteiger partial charge is 0.330 e. The molecule has 3 heteroatoms. The number of nitrogens with two attached hydrogens (primary N) is 1. The molecular weight excluding hydrogens is 269 g/mol. The lowest BCUT2D eigenvalue weighted by molar-refractivity contribution is 0.268. The van der Waals surface area contributed by atoms with E-state index in [2.05, 4.69) is 29.8 Å². The molecule has 0 saturated heterocycles. The molecule has 1 nitrogen and oxygen atoms in total. The first-order valence-electron chi connectivity index (χ1n) is 5.71. The van der Waals surface area contributed by atoms with Crippen LogP contribution in [0, 0.1) is 11.2 Å². The summed E-state index contributed by atoms with van der Waals surface area (Å²) in [5.41, 5.74) is 6.62. The third kappa shape index (κ3) is 3.05. The van der Waals surface area contributed by atoms with Crippen LogP contribution in [0.5, 0.6) is 0 Å². The SMILES string of the molecule is CCC(CC)(CN)Cc1ccc(Br)cc1F. The average molecular weight is 288 g/mol. The Kier molecular flexibility index (Phi) is 4.93. The number of hydrogen-bond acceptors (Lipinski definition) is 1. The van der Waals surface area contributed by atoms with Crippen molar-refractivity contribution in [2.75, 3.05) is 6.54 Å². The van der Waals surface area contributed by atoms with Crippen LogP contribution in [0.1, 0.15) is 32.3 Å². The van der Waals surface area contributed by atoms with Crippen molar-refractivity contribution in [3.63, 3.8) is 0 Å². The minimum absolute atomic E-state index is 0.0364. The van der Waals surface area contributed by atoms with Gasteiger partial charge < -0.3 is 5.73 Å². The Morgan fingerprint density at radius 1 is 1.31 bits per heavy atom. The van der Waals surface area contributed by atoms with Crippen molar-refractivity contribution in [3.8, 4) is 0 Å². The lowest BCUT2D eigenvalue weighted by atomic mass is 9.77. The molecular formula is C13H19BrFN. The Morgan fingerprint density at radius 2 is 1.94 bits per heavy atom. The smallest absolute Gasteiger partial charge is 0.127 e. The van der Waals surface area contributed by atoms with Gasteiger partial charge in [0, 0.05) is 4.47 Å². The molecule has 2 N–H and O–H groups in total. The summed E-state index contributed by atoms with van der Waals surface area (Å²) >= 11 is 3.26. The summed E-state index contributed by atoms with van der Waals surface area (Å²) in [5, 5.41) is 0. The van der Waals surface area contributed by atoms with Gasteiger partial charge in [-0.25, -0.2) is 4.39 Å². The normalized spacial score (nSPS) is 11.8. The Morgan fingerprint density at radius 3 is 2.38 bits per heavy atom. The maximum absolute atomic E-state index is 13.7. The van der Waals surface area contributed by atoms with E-state index in [1.165, 1.54) is 6.07 Å². The van der Waals surface area contributed by atoms with Gasteiger partial charge in [-0.05, 0) is 48.9 Å². The van der Waals surface area contributed by atoms with Crippen molar-refractivity contribution in [3.05, 3.63) is 34.1 Å². The summed E-state index contributed by atoms with van der Waals surface area (Å²) in [4.78, 5) is 0. The average Bonchev–Trinajstić information content (AvgIpc) is 2.29. The van der Waals surface area contributed by atoms with Crippen LogP contribution in [0.15, 0.2) is 22.7 Å². The summed E-state index contributed by atoms with van der Waals surface area (Å²) in [7, 11) is 0. The zero-order valence-corrected chi connectivity index (χ0v) is 11.5. The predicted octanol–water partition coefficient (Wildman–Crippen LogP) is 3.90. The van der Waals surface area contributed by atoms with E-state index in [9.17, 15) is 4.39 Å². The van der Waals surface area contributed by atoms with Crippen LogP contribution in [0.25, 0.3) is 0 Å². The quantitative estimate of drug-likeness (QED) is 0.873. The van der Waals surface area contributed by atoms with E-state index >= 15 is 0 Å². The first-order valence-corrected chi connectivity index (χ1v) is 6.50. The summed E-state index contributed by atoms with van der Waals surface area (Å²) in [6.45, 7) is 4.84. The van der Waals surface area contributed by atoms with Crippen LogP contribution < -0.4 is 5.73 Å². The molecule has 0 bridgehead atoms. The molecule has 0 aliphatic carbocycles. The maximum Gasteiger partial charge on any atom is 0.127 e. The van der Waals surface area contributed by atoms with Crippen molar-refractivity contribution in [1.29, 1.82) is 0 Å². The van der Waals surface area contributed by atoms with Gasteiger partial charge in [0.1, 0.15) is 5.82 Å². The Balaban J connectivity index is 2.93. The van der Waals surface area contributed by atoms with Gasteiger partial charge in [0.15, 0.2) is 0 Å². The molecule has 1 aromatic carbocycles. The molecule has 1 rings (SSSR count). The van der Waals surface area contributed by atoms with E-state index in [1.807, 2.05) is 12.1 Å². The molecule has 90 valence electrons. The number of halogens is 2. The van der Waals surface area contributed by atoms with E-state index in [4.69, 9.17) is 5.73 Å². The molecule has 0 aliphatic rings. The van der Waals surface area contributed by atoms with E-state index in [0.717, 1.165) is 29.3 Å². The van der Waals surface area contributed by atoms with Crippen molar-refractivity contribution in [2.45, 2.75) is 33.1 Å². The fourth-order valence-electron chi connectivity index (χ4n) is 1.93. The van der Waals surface area contributed by atoms with E-state index < -0.39 is 0 Å². The van der Waals surface area contributed by atoms with Crippen molar-refractivity contribution < 1.29 is 4.39 Å². The zero-order valence-electron chi connectivity index (χ0n) is 9.89. The molecule has 0 unspecified atom stereocenters. The van der Waals surface area contributed by atoms with Crippen LogP contribution in [-0.2, 0) is 6.42 Å². The molecule has 0 fully saturated rings. The van der Waals surface area contributed by atoms with Gasteiger partial charge in [0.05, 0.1) is 0 Å². The molecule has 0 saturated carbocycles. The van der Waals surface area contributed by atoms with Crippen molar-refractivity contribution in [2.24, 2.45) is 11.1 Å². The van der Waals surface area contributed by atoms with Crippen molar-refractivity contribution in [1.82, 2.24) is 0 Å². The Hall–Kier alpha value is -0.410. The van der Waals surface area contributed by atoms with Crippen LogP contribution in [-0.4, -0.2) is 6.54 Å². The first kappa shape index (κ1) is 13.7. The highest BCUT2D eigenvalue weighted by atomic mass is 79.9. The van der Waals surface area contributed by atoms with Crippen molar-refractivity contribution >= 4 is 15.9 Å². The summed E-state index contributed by atoms with van der Waals surface area (Å²) in [5.74, 6) is -0.144. The topological polar surface area (TPSA) is 26.0 Å². The highest BCUT2D eigenvalue weighted by molar-refractivity contribution is 9.10. The van der Waals surface area contributed by atoms with Gasteiger partial charge in [0.25, 0.3) is 0 Å². The molecule has 0 radical (unpaired) electrons. The second-order valence-electron chi connectivity index (χ2n) is 4.32. The third-order valence-electron chi connectivity index (χ3n) is 3.51. The van der Waals surface area contributed by atoms with E-state index in [-0.39, 0.29) is 11.2 Å². The van der Waals surface area contributed by atoms with Gasteiger partial charge in [0.2, 0.25) is 0 Å². The van der Waals surface area contributed by atoms with Gasteiger partial charge in [-0.1, -0.05) is 35.8 Å². The van der Waals surface area contributed by atoms with Crippen LogP contribution >= 0.6 is 15.9 Å². The monoisotopic (exact) mass is 287 g/mol. The Bertz CT molecular complexity index is 340. The van der Waals surface area contributed by atoms with Crippen LogP contribution in [0.3, 0.4) is 0 Å². The molecule has 0 atom stereocenters. The molecule has 0 aromatic heterocycles. The molecule has 0 spiro atoms. The molecule has 0 amide bonds. The minimum Gasteiger partial charge on any atom is -0.330 e. The molecule has 1 aromatic rings. The Labute approximate surface area is 105 Å². The third-order valence-corrected chi connectivity index (χ3v) is 4.01. The lowest BCUT2D eigenvalue weighted by Crippen LogP contribution is -2.31. The van der Waals surface area contributed by atoms with E-state index in [0.29, 0.717) is 6.54 Å².